The number of hydrogen-bond acceptors (Lipinski definition) is 2. The van der Waals surface area contributed by atoms with Crippen molar-refractivity contribution in [2.24, 2.45) is 11.8 Å². The first-order valence-electron chi connectivity index (χ1n) is 9.55. The van der Waals surface area contributed by atoms with Crippen LogP contribution >= 0.6 is 0 Å². The molecule has 2 unspecified atom stereocenters. The van der Waals surface area contributed by atoms with Gasteiger partial charge in [-0.2, -0.15) is 0 Å². The number of carbonyl (C=O) groups excluding carboxylic acids is 2. The molecule has 146 valence electrons. The number of anilines is 1. The topological polar surface area (TPSA) is 49.4 Å². The molecule has 1 aliphatic heterocycles. The van der Waals surface area contributed by atoms with Gasteiger partial charge in [0.15, 0.2) is 0 Å². The van der Waals surface area contributed by atoms with Crippen LogP contribution in [0, 0.1) is 17.7 Å². The number of rotatable bonds is 4. The first kappa shape index (κ1) is 19.8. The lowest BCUT2D eigenvalue weighted by Gasteiger charge is -2.35. The second kappa shape index (κ2) is 8.83. The van der Waals surface area contributed by atoms with E-state index in [2.05, 4.69) is 19.2 Å². The number of hydrogen-bond donors (Lipinski definition) is 1. The van der Waals surface area contributed by atoms with Crippen LogP contribution in [0.15, 0.2) is 54.6 Å². The Hall–Kier alpha value is -2.95. The summed E-state index contributed by atoms with van der Waals surface area (Å²) in [6.45, 7) is 5.78. The third-order valence-electron chi connectivity index (χ3n) is 4.87. The molecular formula is C23H25FN2O2. The van der Waals surface area contributed by atoms with E-state index in [9.17, 15) is 14.0 Å². The van der Waals surface area contributed by atoms with Crippen LogP contribution < -0.4 is 5.32 Å². The average molecular weight is 380 g/mol. The molecule has 0 saturated carbocycles. The van der Waals surface area contributed by atoms with Gasteiger partial charge in [-0.15, -0.1) is 0 Å². The number of halogens is 1. The largest absolute Gasteiger partial charge is 0.338 e. The Labute approximate surface area is 165 Å². The Morgan fingerprint density at radius 2 is 1.68 bits per heavy atom. The second-order valence-electron chi connectivity index (χ2n) is 7.58. The van der Waals surface area contributed by atoms with Gasteiger partial charge < -0.3 is 10.2 Å². The highest BCUT2D eigenvalue weighted by atomic mass is 19.1. The summed E-state index contributed by atoms with van der Waals surface area (Å²) in [5.74, 6) is 0.207. The van der Waals surface area contributed by atoms with E-state index in [1.54, 1.807) is 42.5 Å². The van der Waals surface area contributed by atoms with Crippen molar-refractivity contribution in [1.29, 1.82) is 0 Å². The fourth-order valence-corrected chi connectivity index (χ4v) is 3.70. The van der Waals surface area contributed by atoms with Gasteiger partial charge in [-0.1, -0.05) is 38.1 Å². The van der Waals surface area contributed by atoms with Crippen LogP contribution in [0.3, 0.4) is 0 Å². The van der Waals surface area contributed by atoms with Crippen molar-refractivity contribution in [3.05, 3.63) is 71.6 Å². The summed E-state index contributed by atoms with van der Waals surface area (Å²) in [4.78, 5) is 27.2. The third kappa shape index (κ3) is 5.06. The minimum atomic E-state index is -0.343. The zero-order chi connectivity index (χ0) is 20.1. The van der Waals surface area contributed by atoms with E-state index in [0.29, 0.717) is 23.1 Å². The Balaban J connectivity index is 1.72. The first-order valence-corrected chi connectivity index (χ1v) is 9.55. The SMILES string of the molecule is CC1CC(C)CN(C(=O)c2ccccc2NC(=O)/C=C/c2ccc(F)cc2)C1. The van der Waals surface area contributed by atoms with Crippen molar-refractivity contribution in [2.45, 2.75) is 20.3 Å². The predicted octanol–water partition coefficient (Wildman–Crippen LogP) is 4.60. The predicted molar refractivity (Wildman–Crippen MR) is 109 cm³/mol. The number of piperidine rings is 1. The van der Waals surface area contributed by atoms with Gasteiger partial charge in [0, 0.05) is 19.2 Å². The number of nitrogens with zero attached hydrogens (tertiary/aromatic N) is 1. The van der Waals surface area contributed by atoms with E-state index in [1.807, 2.05) is 4.90 Å². The van der Waals surface area contributed by atoms with E-state index in [4.69, 9.17) is 0 Å². The summed E-state index contributed by atoms with van der Waals surface area (Å²) in [5, 5.41) is 2.79. The maximum absolute atomic E-state index is 13.0. The minimum Gasteiger partial charge on any atom is -0.338 e. The molecule has 4 nitrogen and oxygen atoms in total. The first-order chi connectivity index (χ1) is 13.4. The summed E-state index contributed by atoms with van der Waals surface area (Å²) < 4.78 is 13.0. The van der Waals surface area contributed by atoms with E-state index < -0.39 is 0 Å². The second-order valence-corrected chi connectivity index (χ2v) is 7.58. The molecule has 28 heavy (non-hydrogen) atoms. The molecule has 0 radical (unpaired) electrons. The van der Waals surface area contributed by atoms with Crippen LogP contribution in [-0.2, 0) is 4.79 Å². The number of carbonyl (C=O) groups is 2. The molecule has 1 fully saturated rings. The number of amides is 2. The van der Waals surface area contributed by atoms with Gasteiger partial charge in [0.2, 0.25) is 5.91 Å². The van der Waals surface area contributed by atoms with E-state index in [0.717, 1.165) is 25.1 Å². The fraction of sp³-hybridized carbons (Fsp3) is 0.304. The third-order valence-corrected chi connectivity index (χ3v) is 4.87. The molecule has 2 aromatic rings. The molecular weight excluding hydrogens is 355 g/mol. The molecule has 2 atom stereocenters. The van der Waals surface area contributed by atoms with Gasteiger partial charge in [0.1, 0.15) is 5.82 Å². The van der Waals surface area contributed by atoms with Gasteiger partial charge in [-0.05, 0) is 54.2 Å². The van der Waals surface area contributed by atoms with Gasteiger partial charge in [-0.25, -0.2) is 4.39 Å². The van der Waals surface area contributed by atoms with Crippen molar-refractivity contribution < 1.29 is 14.0 Å². The fourth-order valence-electron chi connectivity index (χ4n) is 3.70. The van der Waals surface area contributed by atoms with Gasteiger partial charge >= 0.3 is 0 Å². The summed E-state index contributed by atoms with van der Waals surface area (Å²) >= 11 is 0. The molecule has 5 heteroatoms. The number of likely N-dealkylation sites (tertiary alicyclic amines) is 1. The summed E-state index contributed by atoms with van der Waals surface area (Å²) in [7, 11) is 0. The van der Waals surface area contributed by atoms with E-state index in [-0.39, 0.29) is 17.6 Å². The zero-order valence-electron chi connectivity index (χ0n) is 16.2. The maximum Gasteiger partial charge on any atom is 0.255 e. The molecule has 0 bridgehead atoms. The highest BCUT2D eigenvalue weighted by Crippen LogP contribution is 2.25. The quantitative estimate of drug-likeness (QED) is 0.789. The van der Waals surface area contributed by atoms with Gasteiger partial charge in [-0.3, -0.25) is 9.59 Å². The van der Waals surface area contributed by atoms with Gasteiger partial charge in [0.05, 0.1) is 11.3 Å². The van der Waals surface area contributed by atoms with Crippen LogP contribution in [0.1, 0.15) is 36.2 Å². The molecule has 0 aromatic heterocycles. The van der Waals surface area contributed by atoms with Crippen LogP contribution in [0.4, 0.5) is 10.1 Å². The minimum absolute atomic E-state index is 0.0585. The molecule has 1 aliphatic rings. The van der Waals surface area contributed by atoms with Crippen LogP contribution in [-0.4, -0.2) is 29.8 Å². The lowest BCUT2D eigenvalue weighted by Crippen LogP contribution is -2.42. The molecule has 2 aromatic carbocycles. The number of para-hydroxylation sites is 1. The normalized spacial score (nSPS) is 19.6. The Bertz CT molecular complexity index is 866. The smallest absolute Gasteiger partial charge is 0.255 e. The van der Waals surface area contributed by atoms with Crippen molar-refractivity contribution >= 4 is 23.6 Å². The molecule has 0 aliphatic carbocycles. The van der Waals surface area contributed by atoms with E-state index >= 15 is 0 Å². The van der Waals surface area contributed by atoms with Crippen molar-refractivity contribution in [1.82, 2.24) is 4.90 Å². The highest BCUT2D eigenvalue weighted by Gasteiger charge is 2.27. The summed E-state index contributed by atoms with van der Waals surface area (Å²) in [5.41, 5.74) is 1.71. The Kier molecular flexibility index (Phi) is 6.24. The molecule has 1 N–H and O–H groups in total. The van der Waals surface area contributed by atoms with E-state index in [1.165, 1.54) is 18.2 Å². The molecule has 3 rings (SSSR count). The number of nitrogens with one attached hydrogen (secondary N) is 1. The molecule has 0 spiro atoms. The van der Waals surface area contributed by atoms with Crippen molar-refractivity contribution in [2.75, 3.05) is 18.4 Å². The molecule has 2 amide bonds. The van der Waals surface area contributed by atoms with Crippen molar-refractivity contribution in [3.8, 4) is 0 Å². The lowest BCUT2D eigenvalue weighted by atomic mass is 9.91. The molecule has 1 saturated heterocycles. The maximum atomic E-state index is 13.0. The Morgan fingerprint density at radius 3 is 2.36 bits per heavy atom. The zero-order valence-corrected chi connectivity index (χ0v) is 16.2. The van der Waals surface area contributed by atoms with Gasteiger partial charge in [0.25, 0.3) is 5.91 Å². The van der Waals surface area contributed by atoms with Crippen LogP contribution in [0.2, 0.25) is 0 Å². The molecule has 1 heterocycles. The highest BCUT2D eigenvalue weighted by molar-refractivity contribution is 6.07. The van der Waals surface area contributed by atoms with Crippen LogP contribution in [0.25, 0.3) is 6.08 Å². The standard InChI is InChI=1S/C23H25FN2O2/c1-16-13-17(2)15-26(14-16)23(28)20-5-3-4-6-21(20)25-22(27)12-9-18-7-10-19(24)11-8-18/h3-12,16-17H,13-15H2,1-2H3,(H,25,27)/b12-9+. The lowest BCUT2D eigenvalue weighted by molar-refractivity contribution is -0.111. The van der Waals surface area contributed by atoms with Crippen molar-refractivity contribution in [3.63, 3.8) is 0 Å². The summed E-state index contributed by atoms with van der Waals surface area (Å²) in [6.07, 6.45) is 4.10. The average Bonchev–Trinajstić information content (AvgIpc) is 2.67. The monoisotopic (exact) mass is 380 g/mol. The number of benzene rings is 2. The summed E-state index contributed by atoms with van der Waals surface area (Å²) in [6, 6.07) is 12.9. The Morgan fingerprint density at radius 1 is 1.04 bits per heavy atom. The van der Waals surface area contributed by atoms with Crippen LogP contribution in [0.5, 0.6) is 0 Å².